The van der Waals surface area contributed by atoms with E-state index in [1.165, 1.54) is 27.1 Å². The zero-order valence-corrected chi connectivity index (χ0v) is 23.6. The number of nitrogens with zero attached hydrogens (tertiary/aromatic N) is 1. The summed E-state index contributed by atoms with van der Waals surface area (Å²) in [6, 6.07) is 32.5. The Kier molecular flexibility index (Phi) is 6.15. The zero-order valence-electron chi connectivity index (χ0n) is 20.0. The fraction of sp³-hybridized carbons (Fsp3) is 0.0323. The third-order valence-electron chi connectivity index (χ3n) is 6.74. The Hall–Kier alpha value is -3.38. The van der Waals surface area contributed by atoms with Crippen molar-refractivity contribution in [2.75, 3.05) is 7.05 Å². The number of aromatic amines is 1. The van der Waals surface area contributed by atoms with Crippen LogP contribution in [0.15, 0.2) is 111 Å². The number of benzene rings is 5. The van der Waals surface area contributed by atoms with Crippen molar-refractivity contribution < 1.29 is 41.5 Å². The first kappa shape index (κ1) is 24.0. The van der Waals surface area contributed by atoms with E-state index in [0.717, 1.165) is 49.2 Å². The fourth-order valence-corrected chi connectivity index (χ4v) is 5.45. The monoisotopic (exact) mass is 573 g/mol. The zero-order chi connectivity index (χ0) is 24.2. The van der Waals surface area contributed by atoms with Gasteiger partial charge in [-0.1, -0.05) is 60.7 Å². The summed E-state index contributed by atoms with van der Waals surface area (Å²) in [6.45, 7) is 0. The first-order valence-corrected chi connectivity index (χ1v) is 12.2. The molecule has 8 rings (SSSR count). The summed E-state index contributed by atoms with van der Waals surface area (Å²) < 4.78 is 11.7. The number of nitrogens with one attached hydrogen (secondary N) is 1. The molecule has 3 aromatic heterocycles. The van der Waals surface area contributed by atoms with E-state index < -0.39 is 0 Å². The summed E-state index contributed by atoms with van der Waals surface area (Å²) in [6.07, 6.45) is 0. The molecular weight excluding hydrogens is 553 g/mol. The van der Waals surface area contributed by atoms with Crippen molar-refractivity contribution in [3.8, 4) is 0 Å². The maximum Gasteiger partial charge on any atom is 0.137 e. The largest absolute Gasteiger partial charge is 0.780 e. The van der Waals surface area contributed by atoms with Crippen molar-refractivity contribution in [1.29, 1.82) is 0 Å². The van der Waals surface area contributed by atoms with Gasteiger partial charge >= 0.3 is 0 Å². The van der Waals surface area contributed by atoms with E-state index in [-0.39, 0.29) is 32.7 Å². The quantitative estimate of drug-likeness (QED) is 0.199. The number of hydrogen-bond donors (Lipinski definition) is 1. The van der Waals surface area contributed by atoms with Gasteiger partial charge in [0.1, 0.15) is 22.3 Å². The molecule has 0 spiro atoms. The van der Waals surface area contributed by atoms with Crippen molar-refractivity contribution in [2.24, 2.45) is 0 Å². The van der Waals surface area contributed by atoms with E-state index in [4.69, 9.17) is 21.5 Å². The molecule has 177 valence electrons. The first-order chi connectivity index (χ1) is 17.7. The van der Waals surface area contributed by atoms with Crippen LogP contribution in [0.5, 0.6) is 0 Å². The number of rotatable bonds is 1. The van der Waals surface area contributed by atoms with Gasteiger partial charge in [0.25, 0.3) is 0 Å². The molecular formula is C31H20N2O2SY-2. The molecule has 0 saturated heterocycles. The SMILES string of the molecule is C[N-]c1ccc2oc3ccccc3c2c1[S-].[Y].c1ccc2c(c1)[nH]c1c2ccc2oc3ccccc3c21. The minimum absolute atomic E-state index is 0. The molecule has 1 N–H and O–H groups in total. The van der Waals surface area contributed by atoms with Gasteiger partial charge in [-0.05, 0) is 36.4 Å². The van der Waals surface area contributed by atoms with E-state index >= 15 is 0 Å². The van der Waals surface area contributed by atoms with Crippen LogP contribution in [0.4, 0.5) is 5.69 Å². The van der Waals surface area contributed by atoms with Crippen LogP contribution in [-0.4, -0.2) is 12.0 Å². The summed E-state index contributed by atoms with van der Waals surface area (Å²) in [7, 11) is 1.75. The Labute approximate surface area is 243 Å². The molecule has 0 aliphatic carbocycles. The molecule has 5 aromatic carbocycles. The Bertz CT molecular complexity index is 2070. The normalized spacial score (nSPS) is 11.3. The topological polar surface area (TPSA) is 56.2 Å². The molecule has 0 aliphatic rings. The third-order valence-corrected chi connectivity index (χ3v) is 7.15. The molecule has 0 fully saturated rings. The summed E-state index contributed by atoms with van der Waals surface area (Å²) >= 11 is 5.42. The standard InChI is InChI=1S/C18H11NO.C13H10NOS.Y/c1-3-7-14-11(5-1)12-9-10-16-17(18(12)19-14)13-6-2-4-8-15(13)20-16;1-14-9-6-7-11-12(13(9)16)8-4-2-3-5-10(8)15-11;/h1-10,19H;2-7,16H,1H3;/q;-1;/p-1. The Morgan fingerprint density at radius 3 is 1.86 bits per heavy atom. The molecule has 0 amide bonds. The van der Waals surface area contributed by atoms with Gasteiger partial charge in [-0.3, -0.25) is 0 Å². The average Bonchev–Trinajstić information content (AvgIpc) is 3.60. The van der Waals surface area contributed by atoms with Crippen LogP contribution in [-0.2, 0) is 45.3 Å². The number of hydrogen-bond acceptors (Lipinski definition) is 3. The van der Waals surface area contributed by atoms with Gasteiger partial charge < -0.3 is 31.8 Å². The predicted octanol–water partition coefficient (Wildman–Crippen LogP) is 9.34. The van der Waals surface area contributed by atoms with E-state index in [1.807, 2.05) is 48.5 Å². The second-order valence-corrected chi connectivity index (χ2v) is 9.15. The summed E-state index contributed by atoms with van der Waals surface area (Å²) in [4.78, 5) is 4.31. The molecule has 8 aromatic rings. The summed E-state index contributed by atoms with van der Waals surface area (Å²) in [5.41, 5.74) is 6.75. The van der Waals surface area contributed by atoms with Crippen molar-refractivity contribution in [3.63, 3.8) is 0 Å². The molecule has 0 bridgehead atoms. The minimum Gasteiger partial charge on any atom is -0.780 e. The van der Waals surface area contributed by atoms with Gasteiger partial charge in [0.15, 0.2) is 0 Å². The van der Waals surface area contributed by atoms with E-state index in [2.05, 4.69) is 58.8 Å². The van der Waals surface area contributed by atoms with Crippen LogP contribution in [0.25, 0.3) is 71.0 Å². The van der Waals surface area contributed by atoms with E-state index in [1.54, 1.807) is 7.05 Å². The van der Waals surface area contributed by atoms with Gasteiger partial charge in [-0.25, -0.2) is 0 Å². The van der Waals surface area contributed by atoms with Crippen LogP contribution < -0.4 is 0 Å². The molecule has 0 atom stereocenters. The summed E-state index contributed by atoms with van der Waals surface area (Å²) in [5, 5.41) is 11.1. The van der Waals surface area contributed by atoms with Crippen LogP contribution in [0.1, 0.15) is 0 Å². The molecule has 37 heavy (non-hydrogen) atoms. The number of aromatic nitrogens is 1. The van der Waals surface area contributed by atoms with Crippen molar-refractivity contribution in [3.05, 3.63) is 102 Å². The molecule has 3 heterocycles. The van der Waals surface area contributed by atoms with Crippen LogP contribution >= 0.6 is 0 Å². The van der Waals surface area contributed by atoms with E-state index in [0.29, 0.717) is 0 Å². The van der Waals surface area contributed by atoms with Crippen LogP contribution in [0.2, 0.25) is 0 Å². The molecule has 4 nitrogen and oxygen atoms in total. The molecule has 1 radical (unpaired) electrons. The smallest absolute Gasteiger partial charge is 0.137 e. The second kappa shape index (κ2) is 9.49. The minimum atomic E-state index is 0. The predicted molar refractivity (Wildman–Crippen MR) is 151 cm³/mol. The molecule has 0 saturated carbocycles. The van der Waals surface area contributed by atoms with Gasteiger partial charge in [0.2, 0.25) is 0 Å². The van der Waals surface area contributed by atoms with Crippen molar-refractivity contribution >= 4 is 84.0 Å². The number of H-pyrrole nitrogens is 1. The van der Waals surface area contributed by atoms with Crippen LogP contribution in [0, 0.1) is 0 Å². The Balaban J connectivity index is 0.000000136. The Morgan fingerprint density at radius 2 is 1.16 bits per heavy atom. The molecule has 0 unspecified atom stereocenters. The maximum atomic E-state index is 5.94. The average molecular weight is 573 g/mol. The van der Waals surface area contributed by atoms with Crippen molar-refractivity contribution in [2.45, 2.75) is 4.90 Å². The van der Waals surface area contributed by atoms with Gasteiger partial charge in [-0.15, -0.1) is 7.05 Å². The number of furan rings is 2. The van der Waals surface area contributed by atoms with E-state index in [9.17, 15) is 0 Å². The number of para-hydroxylation sites is 3. The first-order valence-electron chi connectivity index (χ1n) is 11.7. The molecule has 0 aliphatic heterocycles. The molecule has 6 heteroatoms. The van der Waals surface area contributed by atoms with Gasteiger partial charge in [-0.2, -0.15) is 10.6 Å². The van der Waals surface area contributed by atoms with Crippen molar-refractivity contribution in [1.82, 2.24) is 4.98 Å². The van der Waals surface area contributed by atoms with Gasteiger partial charge in [0, 0.05) is 65.2 Å². The van der Waals surface area contributed by atoms with Crippen LogP contribution in [0.3, 0.4) is 0 Å². The fourth-order valence-electron chi connectivity index (χ4n) is 5.08. The Morgan fingerprint density at radius 1 is 0.595 bits per heavy atom. The second-order valence-electron chi connectivity index (χ2n) is 8.74. The maximum absolute atomic E-state index is 5.94. The summed E-state index contributed by atoms with van der Waals surface area (Å²) in [5.74, 6) is 0. The third kappa shape index (κ3) is 3.81. The number of fused-ring (bicyclic) bond motifs is 10. The van der Waals surface area contributed by atoms with Gasteiger partial charge in [0.05, 0.1) is 10.9 Å².